The molecule has 0 fully saturated rings. The summed E-state index contributed by atoms with van der Waals surface area (Å²) in [6.07, 6.45) is 0. The summed E-state index contributed by atoms with van der Waals surface area (Å²) < 4.78 is 0. The van der Waals surface area contributed by atoms with E-state index in [1.54, 1.807) is 0 Å². The Balaban J connectivity index is 2.60. The fraction of sp³-hybridized carbons (Fsp3) is 0.600. The summed E-state index contributed by atoms with van der Waals surface area (Å²) in [5.41, 5.74) is 2.74. The first kappa shape index (κ1) is 14.6. The van der Waals surface area contributed by atoms with E-state index in [1.165, 1.54) is 11.1 Å². The average Bonchev–Trinajstić information content (AvgIpc) is 2.29. The van der Waals surface area contributed by atoms with Crippen LogP contribution >= 0.6 is 11.8 Å². The quantitative estimate of drug-likeness (QED) is 0.819. The summed E-state index contributed by atoms with van der Waals surface area (Å²) >= 11 is 2.06. The van der Waals surface area contributed by atoms with Crippen molar-refractivity contribution >= 4 is 11.8 Å². The second kappa shape index (κ2) is 7.07. The van der Waals surface area contributed by atoms with Crippen LogP contribution < -0.4 is 5.32 Å². The molecule has 0 aliphatic heterocycles. The molecule has 17 heavy (non-hydrogen) atoms. The molecular formula is C15H25NS. The predicted molar refractivity (Wildman–Crippen MR) is 79.7 cm³/mol. The summed E-state index contributed by atoms with van der Waals surface area (Å²) in [7, 11) is 2.05. The van der Waals surface area contributed by atoms with Crippen LogP contribution in [-0.2, 0) is 0 Å². The van der Waals surface area contributed by atoms with Crippen molar-refractivity contribution < 1.29 is 0 Å². The maximum atomic E-state index is 3.42. The van der Waals surface area contributed by atoms with Gasteiger partial charge in [-0.25, -0.2) is 0 Å². The maximum Gasteiger partial charge on any atom is 0.0409 e. The molecule has 0 bridgehead atoms. The molecule has 1 rings (SSSR count). The number of thioether (sulfide) groups is 1. The lowest BCUT2D eigenvalue weighted by atomic mass is 10.1. The van der Waals surface area contributed by atoms with Gasteiger partial charge in [-0.15, -0.1) is 0 Å². The average molecular weight is 251 g/mol. The van der Waals surface area contributed by atoms with Crippen LogP contribution in [0.25, 0.3) is 0 Å². The van der Waals surface area contributed by atoms with Crippen LogP contribution in [0.2, 0.25) is 0 Å². The van der Waals surface area contributed by atoms with Crippen LogP contribution in [0.4, 0.5) is 0 Å². The Kier molecular flexibility index (Phi) is 6.07. The minimum Gasteiger partial charge on any atom is -0.312 e. The largest absolute Gasteiger partial charge is 0.312 e. The van der Waals surface area contributed by atoms with Crippen molar-refractivity contribution in [1.82, 2.24) is 5.32 Å². The van der Waals surface area contributed by atoms with Gasteiger partial charge < -0.3 is 5.32 Å². The normalized spacial score (nSPS) is 14.9. The third kappa shape index (κ3) is 4.72. The number of hydrogen-bond donors (Lipinski definition) is 1. The molecule has 2 atom stereocenters. The SMILES string of the molecule is CNC(CSC(C)C(C)C)c1cccc(C)c1. The zero-order valence-corrected chi connectivity index (χ0v) is 12.5. The first-order chi connectivity index (χ1) is 8.04. The molecule has 0 radical (unpaired) electrons. The fourth-order valence-corrected chi connectivity index (χ4v) is 2.91. The molecule has 1 aromatic rings. The summed E-state index contributed by atoms with van der Waals surface area (Å²) in [5.74, 6) is 1.88. The maximum absolute atomic E-state index is 3.42. The lowest BCUT2D eigenvalue weighted by Crippen LogP contribution is -2.20. The van der Waals surface area contributed by atoms with Gasteiger partial charge in [0.05, 0.1) is 0 Å². The lowest BCUT2D eigenvalue weighted by Gasteiger charge is -2.21. The molecule has 1 aromatic carbocycles. The van der Waals surface area contributed by atoms with Gasteiger partial charge in [-0.2, -0.15) is 11.8 Å². The van der Waals surface area contributed by atoms with Gasteiger partial charge in [0.15, 0.2) is 0 Å². The van der Waals surface area contributed by atoms with E-state index in [0.29, 0.717) is 6.04 Å². The second-order valence-corrected chi connectivity index (χ2v) is 6.45. The topological polar surface area (TPSA) is 12.0 Å². The highest BCUT2D eigenvalue weighted by molar-refractivity contribution is 7.99. The van der Waals surface area contributed by atoms with Crippen LogP contribution in [0.3, 0.4) is 0 Å². The zero-order chi connectivity index (χ0) is 12.8. The highest BCUT2D eigenvalue weighted by Gasteiger charge is 2.13. The van der Waals surface area contributed by atoms with E-state index in [-0.39, 0.29) is 0 Å². The van der Waals surface area contributed by atoms with Gasteiger partial charge in [0.2, 0.25) is 0 Å². The molecular weight excluding hydrogens is 226 g/mol. The highest BCUT2D eigenvalue weighted by atomic mass is 32.2. The number of aryl methyl sites for hydroxylation is 1. The highest BCUT2D eigenvalue weighted by Crippen LogP contribution is 2.25. The molecule has 0 aliphatic rings. The molecule has 1 N–H and O–H groups in total. The van der Waals surface area contributed by atoms with Gasteiger partial charge in [-0.05, 0) is 25.5 Å². The number of nitrogens with one attached hydrogen (secondary N) is 1. The molecule has 0 amide bonds. The standard InChI is InChI=1S/C15H25NS/c1-11(2)13(4)17-10-15(16-5)14-8-6-7-12(3)9-14/h6-9,11,13,15-16H,10H2,1-5H3. The first-order valence-electron chi connectivity index (χ1n) is 6.40. The van der Waals surface area contributed by atoms with Gasteiger partial charge in [0.25, 0.3) is 0 Å². The summed E-state index contributed by atoms with van der Waals surface area (Å²) in [4.78, 5) is 0. The Morgan fingerprint density at radius 1 is 1.24 bits per heavy atom. The van der Waals surface area contributed by atoms with Gasteiger partial charge in [0.1, 0.15) is 0 Å². The van der Waals surface area contributed by atoms with E-state index in [2.05, 4.69) is 69.0 Å². The first-order valence-corrected chi connectivity index (χ1v) is 7.45. The van der Waals surface area contributed by atoms with E-state index in [4.69, 9.17) is 0 Å². The van der Waals surface area contributed by atoms with Crippen molar-refractivity contribution in [1.29, 1.82) is 0 Å². The molecule has 0 saturated heterocycles. The summed E-state index contributed by atoms with van der Waals surface area (Å²) in [6.45, 7) is 9.05. The van der Waals surface area contributed by atoms with Gasteiger partial charge in [0, 0.05) is 17.0 Å². The molecule has 1 nitrogen and oxygen atoms in total. The molecule has 0 aromatic heterocycles. The van der Waals surface area contributed by atoms with Gasteiger partial charge in [-0.3, -0.25) is 0 Å². The summed E-state index contributed by atoms with van der Waals surface area (Å²) in [6, 6.07) is 9.25. The van der Waals surface area contributed by atoms with Crippen LogP contribution in [-0.4, -0.2) is 18.1 Å². The molecule has 0 saturated carbocycles. The van der Waals surface area contributed by atoms with E-state index in [0.717, 1.165) is 16.9 Å². The predicted octanol–water partition coefficient (Wildman–Crippen LogP) is 4.03. The lowest BCUT2D eigenvalue weighted by molar-refractivity contribution is 0.629. The Morgan fingerprint density at radius 3 is 2.47 bits per heavy atom. The van der Waals surface area contributed by atoms with E-state index >= 15 is 0 Å². The van der Waals surface area contributed by atoms with Gasteiger partial charge >= 0.3 is 0 Å². The van der Waals surface area contributed by atoms with Crippen molar-refractivity contribution in [2.24, 2.45) is 5.92 Å². The van der Waals surface area contributed by atoms with Crippen molar-refractivity contribution in [3.8, 4) is 0 Å². The van der Waals surface area contributed by atoms with Gasteiger partial charge in [-0.1, -0.05) is 50.6 Å². The third-order valence-electron chi connectivity index (χ3n) is 3.26. The number of hydrogen-bond acceptors (Lipinski definition) is 2. The number of rotatable bonds is 6. The van der Waals surface area contributed by atoms with Crippen LogP contribution in [0.15, 0.2) is 24.3 Å². The van der Waals surface area contributed by atoms with Crippen LogP contribution in [0.5, 0.6) is 0 Å². The van der Waals surface area contributed by atoms with Crippen LogP contribution in [0.1, 0.15) is 37.9 Å². The monoisotopic (exact) mass is 251 g/mol. The van der Waals surface area contributed by atoms with Crippen molar-refractivity contribution in [3.05, 3.63) is 35.4 Å². The molecule has 96 valence electrons. The Labute approximate surface area is 110 Å². The van der Waals surface area contributed by atoms with Crippen LogP contribution in [0, 0.1) is 12.8 Å². The number of benzene rings is 1. The Hall–Kier alpha value is -0.470. The molecule has 0 heterocycles. The summed E-state index contributed by atoms with van der Waals surface area (Å²) in [5, 5.41) is 4.14. The zero-order valence-electron chi connectivity index (χ0n) is 11.7. The fourth-order valence-electron chi connectivity index (χ4n) is 1.67. The van der Waals surface area contributed by atoms with Crippen molar-refractivity contribution in [2.45, 2.75) is 39.0 Å². The minimum atomic E-state index is 0.459. The third-order valence-corrected chi connectivity index (χ3v) is 4.85. The molecule has 2 heteroatoms. The van der Waals surface area contributed by atoms with Crippen molar-refractivity contribution in [2.75, 3.05) is 12.8 Å². The molecule has 0 spiro atoms. The van der Waals surface area contributed by atoms with E-state index in [1.807, 2.05) is 7.05 Å². The molecule has 2 unspecified atom stereocenters. The van der Waals surface area contributed by atoms with Crippen molar-refractivity contribution in [3.63, 3.8) is 0 Å². The second-order valence-electron chi connectivity index (χ2n) is 5.04. The smallest absolute Gasteiger partial charge is 0.0409 e. The Morgan fingerprint density at radius 2 is 1.94 bits per heavy atom. The minimum absolute atomic E-state index is 0.459. The Bertz CT molecular complexity index is 335. The molecule has 0 aliphatic carbocycles. The van der Waals surface area contributed by atoms with E-state index in [9.17, 15) is 0 Å². The van der Waals surface area contributed by atoms with E-state index < -0.39 is 0 Å².